The number of nitrogen functional groups attached to an aromatic ring is 1. The van der Waals surface area contributed by atoms with Crippen LogP contribution in [0.5, 0.6) is 11.5 Å². The molecule has 0 spiro atoms. The first-order valence-corrected chi connectivity index (χ1v) is 9.43. The second-order valence-corrected chi connectivity index (χ2v) is 7.37. The van der Waals surface area contributed by atoms with E-state index in [-0.39, 0.29) is 5.75 Å². The van der Waals surface area contributed by atoms with Crippen molar-refractivity contribution in [2.24, 2.45) is 7.05 Å². The lowest BCUT2D eigenvalue weighted by atomic mass is 9.97. The zero-order valence-corrected chi connectivity index (χ0v) is 16.5. The summed E-state index contributed by atoms with van der Waals surface area (Å²) in [5, 5.41) is 14.3. The average molecular weight is 383 g/mol. The van der Waals surface area contributed by atoms with Gasteiger partial charge >= 0.3 is 0 Å². The molecule has 2 aromatic heterocycles. The number of rotatable bonds is 2. The van der Waals surface area contributed by atoms with Gasteiger partial charge in [0, 0.05) is 52.2 Å². The van der Waals surface area contributed by atoms with E-state index in [9.17, 15) is 5.11 Å². The van der Waals surface area contributed by atoms with Gasteiger partial charge in [-0.05, 0) is 60.3 Å². The molecule has 5 aromatic rings. The van der Waals surface area contributed by atoms with E-state index < -0.39 is 0 Å². The van der Waals surface area contributed by atoms with Crippen molar-refractivity contribution in [3.8, 4) is 22.8 Å². The standard InChI is InChI=1S/C24H21N3O2/c1-13-16-8-9-26-23(17-6-4-14(25)10-22(17)29-3)19(16)12-20-18-11-15(28)5-7-21(18)27(2)24(13)20/h4-12,28H,25H2,1-3H3. The minimum atomic E-state index is 0.259. The van der Waals surface area contributed by atoms with Crippen LogP contribution in [0, 0.1) is 6.92 Å². The molecular formula is C24H21N3O2. The summed E-state index contributed by atoms with van der Waals surface area (Å²) in [6.45, 7) is 2.13. The minimum absolute atomic E-state index is 0.259. The van der Waals surface area contributed by atoms with Crippen molar-refractivity contribution in [1.82, 2.24) is 9.55 Å². The molecule has 3 aromatic carbocycles. The Bertz CT molecular complexity index is 1430. The summed E-state index contributed by atoms with van der Waals surface area (Å²) in [5.41, 5.74) is 11.7. The van der Waals surface area contributed by atoms with Crippen molar-refractivity contribution in [3.63, 3.8) is 0 Å². The van der Waals surface area contributed by atoms with E-state index >= 15 is 0 Å². The largest absolute Gasteiger partial charge is 0.508 e. The van der Waals surface area contributed by atoms with E-state index in [0.29, 0.717) is 11.4 Å². The van der Waals surface area contributed by atoms with Crippen LogP contribution in [-0.2, 0) is 7.05 Å². The molecule has 0 aliphatic carbocycles. The number of nitrogens with two attached hydrogens (primary N) is 1. The van der Waals surface area contributed by atoms with Gasteiger partial charge in [-0.2, -0.15) is 0 Å². The zero-order valence-electron chi connectivity index (χ0n) is 16.5. The van der Waals surface area contributed by atoms with Gasteiger partial charge in [0.15, 0.2) is 0 Å². The maximum atomic E-state index is 10.1. The van der Waals surface area contributed by atoms with Crippen LogP contribution in [0.15, 0.2) is 54.7 Å². The van der Waals surface area contributed by atoms with Crippen LogP contribution >= 0.6 is 0 Å². The summed E-state index contributed by atoms with van der Waals surface area (Å²) < 4.78 is 7.76. The number of aromatic hydroxyl groups is 1. The highest BCUT2D eigenvalue weighted by Crippen LogP contribution is 2.40. The van der Waals surface area contributed by atoms with Crippen LogP contribution < -0.4 is 10.5 Å². The van der Waals surface area contributed by atoms with Crippen LogP contribution in [0.1, 0.15) is 5.56 Å². The molecule has 0 aliphatic rings. The fraction of sp³-hybridized carbons (Fsp3) is 0.125. The third-order valence-corrected chi connectivity index (χ3v) is 5.74. The Labute approximate surface area is 168 Å². The highest BCUT2D eigenvalue weighted by Gasteiger charge is 2.17. The average Bonchev–Trinajstić information content (AvgIpc) is 2.99. The molecule has 0 fully saturated rings. The second kappa shape index (κ2) is 6.14. The molecule has 5 rings (SSSR count). The number of aromatic nitrogens is 2. The van der Waals surface area contributed by atoms with E-state index in [0.717, 1.165) is 43.8 Å². The number of aryl methyl sites for hydroxylation is 2. The normalized spacial score (nSPS) is 11.6. The van der Waals surface area contributed by atoms with Crippen molar-refractivity contribution in [2.45, 2.75) is 6.92 Å². The van der Waals surface area contributed by atoms with Crippen molar-refractivity contribution < 1.29 is 9.84 Å². The first-order chi connectivity index (χ1) is 14.0. The third-order valence-electron chi connectivity index (χ3n) is 5.74. The van der Waals surface area contributed by atoms with Crippen LogP contribution in [0.4, 0.5) is 5.69 Å². The molecule has 0 aliphatic heterocycles. The fourth-order valence-electron chi connectivity index (χ4n) is 4.40. The summed E-state index contributed by atoms with van der Waals surface area (Å²) in [4.78, 5) is 4.69. The molecule has 0 saturated heterocycles. The minimum Gasteiger partial charge on any atom is -0.508 e. The van der Waals surface area contributed by atoms with Crippen LogP contribution in [0.3, 0.4) is 0 Å². The predicted octanol–water partition coefficient (Wildman–Crippen LogP) is 5.15. The van der Waals surface area contributed by atoms with Gasteiger partial charge in [-0.1, -0.05) is 0 Å². The molecule has 5 nitrogen and oxygen atoms in total. The molecule has 0 unspecified atom stereocenters. The molecule has 5 heteroatoms. The van der Waals surface area contributed by atoms with E-state index in [1.165, 1.54) is 5.56 Å². The molecule has 0 atom stereocenters. The Morgan fingerprint density at radius 2 is 1.79 bits per heavy atom. The van der Waals surface area contributed by atoms with Crippen LogP contribution in [0.25, 0.3) is 43.8 Å². The topological polar surface area (TPSA) is 73.3 Å². The maximum absolute atomic E-state index is 10.1. The van der Waals surface area contributed by atoms with Crippen LogP contribution in [-0.4, -0.2) is 21.8 Å². The fourth-order valence-corrected chi connectivity index (χ4v) is 4.40. The van der Waals surface area contributed by atoms with E-state index in [1.807, 2.05) is 42.6 Å². The Morgan fingerprint density at radius 3 is 2.59 bits per heavy atom. The van der Waals surface area contributed by atoms with Gasteiger partial charge < -0.3 is 20.1 Å². The molecule has 0 radical (unpaired) electrons. The number of phenolic OH excluding ortho intramolecular Hbond substituents is 1. The number of ether oxygens (including phenoxy) is 1. The predicted molar refractivity (Wildman–Crippen MR) is 119 cm³/mol. The lowest BCUT2D eigenvalue weighted by molar-refractivity contribution is 0.416. The Kier molecular flexibility index (Phi) is 3.68. The Morgan fingerprint density at radius 1 is 0.966 bits per heavy atom. The SMILES string of the molecule is COc1cc(N)ccc1-c1nccc2c(C)c3c(cc12)c1cc(O)ccc1n3C. The van der Waals surface area contributed by atoms with E-state index in [4.69, 9.17) is 15.5 Å². The number of methoxy groups -OCH3 is 1. The van der Waals surface area contributed by atoms with E-state index in [1.54, 1.807) is 13.2 Å². The number of nitrogens with zero attached hydrogens (tertiary/aromatic N) is 2. The number of pyridine rings is 1. The lowest BCUT2D eigenvalue weighted by Crippen LogP contribution is -1.95. The maximum Gasteiger partial charge on any atom is 0.130 e. The third kappa shape index (κ3) is 2.44. The van der Waals surface area contributed by atoms with Crippen molar-refractivity contribution in [2.75, 3.05) is 12.8 Å². The number of hydrogen-bond donors (Lipinski definition) is 2. The molecule has 0 saturated carbocycles. The zero-order chi connectivity index (χ0) is 20.3. The molecule has 144 valence electrons. The molecule has 29 heavy (non-hydrogen) atoms. The molecule has 0 bridgehead atoms. The number of anilines is 1. The van der Waals surface area contributed by atoms with Gasteiger partial charge in [0.1, 0.15) is 11.5 Å². The second-order valence-electron chi connectivity index (χ2n) is 7.37. The molecule has 3 N–H and O–H groups in total. The van der Waals surface area contributed by atoms with Crippen molar-refractivity contribution in [3.05, 3.63) is 60.3 Å². The quantitative estimate of drug-likeness (QED) is 0.413. The highest BCUT2D eigenvalue weighted by molar-refractivity contribution is 6.16. The van der Waals surface area contributed by atoms with Gasteiger partial charge in [0.2, 0.25) is 0 Å². The van der Waals surface area contributed by atoms with Crippen molar-refractivity contribution >= 4 is 38.3 Å². The van der Waals surface area contributed by atoms with Gasteiger partial charge in [-0.25, -0.2) is 0 Å². The van der Waals surface area contributed by atoms with Gasteiger partial charge in [0.05, 0.1) is 18.3 Å². The van der Waals surface area contributed by atoms with E-state index in [2.05, 4.69) is 24.6 Å². The summed E-state index contributed by atoms with van der Waals surface area (Å²) >= 11 is 0. The van der Waals surface area contributed by atoms with Crippen LogP contribution in [0.2, 0.25) is 0 Å². The smallest absolute Gasteiger partial charge is 0.130 e. The Hall–Kier alpha value is -3.73. The van der Waals surface area contributed by atoms with Crippen molar-refractivity contribution in [1.29, 1.82) is 0 Å². The van der Waals surface area contributed by atoms with Gasteiger partial charge in [-0.3, -0.25) is 4.98 Å². The number of fused-ring (bicyclic) bond motifs is 4. The molecular weight excluding hydrogens is 362 g/mol. The Balaban J connectivity index is 1.95. The summed E-state index contributed by atoms with van der Waals surface area (Å²) in [6.07, 6.45) is 1.83. The van der Waals surface area contributed by atoms with Gasteiger partial charge in [-0.15, -0.1) is 0 Å². The molecule has 2 heterocycles. The summed E-state index contributed by atoms with van der Waals surface area (Å²) in [7, 11) is 3.70. The number of phenols is 1. The first kappa shape index (κ1) is 17.4. The first-order valence-electron chi connectivity index (χ1n) is 9.43. The molecule has 0 amide bonds. The monoisotopic (exact) mass is 383 g/mol. The summed E-state index contributed by atoms with van der Waals surface area (Å²) in [6, 6.07) is 15.3. The number of hydrogen-bond acceptors (Lipinski definition) is 4. The summed E-state index contributed by atoms with van der Waals surface area (Å²) in [5.74, 6) is 0.952. The van der Waals surface area contributed by atoms with Gasteiger partial charge in [0.25, 0.3) is 0 Å². The lowest BCUT2D eigenvalue weighted by Gasteiger charge is -2.13. The highest BCUT2D eigenvalue weighted by atomic mass is 16.5. The number of benzene rings is 3.